The topological polar surface area (TPSA) is 37.3 Å². The van der Waals surface area contributed by atoms with Crippen LogP contribution in [0.5, 0.6) is 5.75 Å². The number of carbonyl (C=O) groups excluding carboxylic acids is 1. The van der Waals surface area contributed by atoms with Gasteiger partial charge in [-0.1, -0.05) is 54.9 Å². The van der Waals surface area contributed by atoms with Gasteiger partial charge in [-0.2, -0.15) is 0 Å². The summed E-state index contributed by atoms with van der Waals surface area (Å²) in [5.74, 6) is -0.230. The summed E-state index contributed by atoms with van der Waals surface area (Å²) in [6.45, 7) is 2.09. The van der Waals surface area contributed by atoms with Crippen molar-refractivity contribution in [2.45, 2.75) is 18.8 Å². The third kappa shape index (κ3) is 2.01. The predicted octanol–water partition coefficient (Wildman–Crippen LogP) is 4.21. The molecule has 1 aliphatic rings. The number of benzene rings is 2. The van der Waals surface area contributed by atoms with Gasteiger partial charge in [-0.3, -0.25) is 4.79 Å². The normalized spacial score (nSPS) is 24.4. The maximum atomic E-state index is 12.6. The van der Waals surface area contributed by atoms with Gasteiger partial charge in [0.15, 0.2) is 5.78 Å². The van der Waals surface area contributed by atoms with Crippen LogP contribution in [0.25, 0.3) is 0 Å². The van der Waals surface area contributed by atoms with Gasteiger partial charge >= 0.3 is 0 Å². The molecule has 1 aliphatic carbocycles. The molecule has 3 heteroatoms. The second kappa shape index (κ2) is 4.64. The minimum atomic E-state index is -0.132. The van der Waals surface area contributed by atoms with Crippen molar-refractivity contribution in [2.75, 3.05) is 0 Å². The van der Waals surface area contributed by atoms with E-state index in [0.29, 0.717) is 5.56 Å². The Labute approximate surface area is 123 Å². The zero-order valence-electron chi connectivity index (χ0n) is 11.1. The van der Waals surface area contributed by atoms with Gasteiger partial charge in [0.25, 0.3) is 0 Å². The molecule has 0 aliphatic heterocycles. The second-order valence-corrected chi connectivity index (χ2v) is 5.95. The van der Waals surface area contributed by atoms with Crippen LogP contribution in [0.2, 0.25) is 5.02 Å². The molecule has 20 heavy (non-hydrogen) atoms. The van der Waals surface area contributed by atoms with Gasteiger partial charge in [0.2, 0.25) is 0 Å². The smallest absolute Gasteiger partial charge is 0.170 e. The number of aromatic hydroxyl groups is 1. The average Bonchev–Trinajstić information content (AvgIpc) is 3.16. The van der Waals surface area contributed by atoms with Gasteiger partial charge in [-0.05, 0) is 24.1 Å². The molecular formula is C17H15ClO2. The first-order valence-electron chi connectivity index (χ1n) is 6.61. The molecule has 0 bridgehead atoms. The van der Waals surface area contributed by atoms with E-state index in [1.807, 2.05) is 30.3 Å². The predicted molar refractivity (Wildman–Crippen MR) is 79.3 cm³/mol. The summed E-state index contributed by atoms with van der Waals surface area (Å²) >= 11 is 5.87. The van der Waals surface area contributed by atoms with Crippen LogP contribution < -0.4 is 0 Å². The van der Waals surface area contributed by atoms with Crippen LogP contribution in [0.3, 0.4) is 0 Å². The lowest BCUT2D eigenvalue weighted by molar-refractivity contribution is 0.0956. The number of carbonyl (C=O) groups is 1. The van der Waals surface area contributed by atoms with Gasteiger partial charge in [0.05, 0.1) is 10.6 Å². The summed E-state index contributed by atoms with van der Waals surface area (Å²) in [7, 11) is 0. The largest absolute Gasteiger partial charge is 0.506 e. The van der Waals surface area contributed by atoms with Crippen molar-refractivity contribution in [2.24, 2.45) is 5.92 Å². The van der Waals surface area contributed by atoms with Crippen molar-refractivity contribution >= 4 is 17.4 Å². The number of hydrogen-bond donors (Lipinski definition) is 1. The van der Waals surface area contributed by atoms with Crippen LogP contribution in [0.15, 0.2) is 48.5 Å². The first-order valence-corrected chi connectivity index (χ1v) is 6.99. The Morgan fingerprint density at radius 2 is 1.90 bits per heavy atom. The summed E-state index contributed by atoms with van der Waals surface area (Å²) in [6.07, 6.45) is 0.807. The molecule has 0 heterocycles. The summed E-state index contributed by atoms with van der Waals surface area (Å²) in [5, 5.41) is 10.2. The molecule has 1 saturated carbocycles. The van der Waals surface area contributed by atoms with E-state index in [0.717, 1.165) is 6.42 Å². The van der Waals surface area contributed by atoms with Crippen LogP contribution in [-0.2, 0) is 5.41 Å². The number of para-hydroxylation sites is 1. The number of phenolic OH excluding ortho intramolecular Hbond substituents is 1. The van der Waals surface area contributed by atoms with Gasteiger partial charge < -0.3 is 5.11 Å². The quantitative estimate of drug-likeness (QED) is 0.858. The van der Waals surface area contributed by atoms with E-state index >= 15 is 0 Å². The molecular weight excluding hydrogens is 272 g/mol. The Balaban J connectivity index is 1.90. The minimum absolute atomic E-state index is 0.0312. The molecule has 0 aromatic heterocycles. The Bertz CT molecular complexity index is 666. The molecule has 1 fully saturated rings. The third-order valence-electron chi connectivity index (χ3n) is 4.24. The molecule has 3 rings (SSSR count). The van der Waals surface area contributed by atoms with Crippen LogP contribution in [-0.4, -0.2) is 10.9 Å². The van der Waals surface area contributed by atoms with Crippen LogP contribution in [0, 0.1) is 5.92 Å². The van der Waals surface area contributed by atoms with E-state index in [1.54, 1.807) is 18.2 Å². The Hall–Kier alpha value is -1.80. The van der Waals surface area contributed by atoms with E-state index < -0.39 is 0 Å². The molecule has 0 radical (unpaired) electrons. The lowest BCUT2D eigenvalue weighted by atomic mass is 9.92. The number of hydrogen-bond acceptors (Lipinski definition) is 2. The van der Waals surface area contributed by atoms with E-state index in [9.17, 15) is 9.90 Å². The Kier molecular flexibility index (Phi) is 3.06. The molecule has 0 saturated heterocycles. The van der Waals surface area contributed by atoms with Crippen molar-refractivity contribution in [1.82, 2.24) is 0 Å². The van der Waals surface area contributed by atoms with Crippen LogP contribution in [0.4, 0.5) is 0 Å². The molecule has 0 spiro atoms. The summed E-state index contributed by atoms with van der Waals surface area (Å²) in [6, 6.07) is 14.9. The van der Waals surface area contributed by atoms with Crippen molar-refractivity contribution in [1.29, 1.82) is 0 Å². The first kappa shape index (κ1) is 13.2. The van der Waals surface area contributed by atoms with Crippen molar-refractivity contribution in [3.05, 3.63) is 64.7 Å². The maximum Gasteiger partial charge on any atom is 0.170 e. The van der Waals surface area contributed by atoms with E-state index in [4.69, 9.17) is 11.6 Å². The third-order valence-corrected chi connectivity index (χ3v) is 4.54. The number of rotatable bonds is 3. The lowest BCUT2D eigenvalue weighted by Crippen LogP contribution is -2.12. The highest BCUT2D eigenvalue weighted by Gasteiger charge is 2.55. The van der Waals surface area contributed by atoms with E-state index in [2.05, 4.69) is 6.92 Å². The maximum absolute atomic E-state index is 12.6. The summed E-state index contributed by atoms with van der Waals surface area (Å²) in [4.78, 5) is 12.6. The van der Waals surface area contributed by atoms with Crippen molar-refractivity contribution in [3.63, 3.8) is 0 Å². The van der Waals surface area contributed by atoms with Gasteiger partial charge in [-0.25, -0.2) is 0 Å². The zero-order chi connectivity index (χ0) is 14.3. The fraction of sp³-hybridized carbons (Fsp3) is 0.235. The summed E-state index contributed by atoms with van der Waals surface area (Å²) in [5.41, 5.74) is 1.36. The van der Waals surface area contributed by atoms with Crippen LogP contribution in [0.1, 0.15) is 29.3 Å². The summed E-state index contributed by atoms with van der Waals surface area (Å²) < 4.78 is 0. The van der Waals surface area contributed by atoms with Crippen LogP contribution >= 0.6 is 11.6 Å². The zero-order valence-corrected chi connectivity index (χ0v) is 11.9. The fourth-order valence-electron chi connectivity index (χ4n) is 2.79. The minimum Gasteiger partial charge on any atom is -0.506 e. The first-order chi connectivity index (χ1) is 9.54. The molecule has 102 valence electrons. The monoisotopic (exact) mass is 286 g/mol. The number of phenols is 1. The fourth-order valence-corrected chi connectivity index (χ4v) is 2.96. The highest BCUT2D eigenvalue weighted by atomic mass is 35.5. The lowest BCUT2D eigenvalue weighted by Gasteiger charge is -2.12. The van der Waals surface area contributed by atoms with E-state index in [-0.39, 0.29) is 27.9 Å². The second-order valence-electron chi connectivity index (χ2n) is 5.54. The van der Waals surface area contributed by atoms with E-state index in [1.165, 1.54) is 5.56 Å². The van der Waals surface area contributed by atoms with Crippen molar-refractivity contribution < 1.29 is 9.90 Å². The molecule has 1 N–H and O–H groups in total. The molecule has 2 aromatic rings. The van der Waals surface area contributed by atoms with Crippen molar-refractivity contribution in [3.8, 4) is 5.75 Å². The molecule has 0 unspecified atom stereocenters. The van der Waals surface area contributed by atoms with Gasteiger partial charge in [0, 0.05) is 11.3 Å². The number of Topliss-reactive ketones (excluding diaryl/α,β-unsaturated/α-hetero) is 1. The highest BCUT2D eigenvalue weighted by molar-refractivity contribution is 6.32. The van der Waals surface area contributed by atoms with Gasteiger partial charge in [0.1, 0.15) is 5.75 Å². The molecule has 2 aromatic carbocycles. The standard InChI is InChI=1S/C17H15ClO2/c1-17(11-6-3-2-4-7-11)10-13(17)15(19)12-8-5-9-14(18)16(12)20/h2-9,13,20H,10H2,1H3/t13-,17-/m1/s1. The molecule has 0 amide bonds. The molecule has 2 nitrogen and oxygen atoms in total. The SMILES string of the molecule is C[C@]1(c2ccccc2)C[C@@H]1C(=O)c1cccc(Cl)c1O. The average molecular weight is 287 g/mol. The van der Waals surface area contributed by atoms with Gasteiger partial charge in [-0.15, -0.1) is 0 Å². The molecule has 2 atom stereocenters. The Morgan fingerprint density at radius 3 is 2.60 bits per heavy atom. The highest BCUT2D eigenvalue weighted by Crippen LogP contribution is 2.55. The Morgan fingerprint density at radius 1 is 1.20 bits per heavy atom. The number of ketones is 1. The number of halogens is 1.